The molecule has 1 amide bonds. The molecule has 1 unspecified atom stereocenters. The van der Waals surface area contributed by atoms with Gasteiger partial charge in [0.1, 0.15) is 0 Å². The minimum atomic E-state index is -0.338. The van der Waals surface area contributed by atoms with Crippen molar-refractivity contribution in [3.05, 3.63) is 76.5 Å². The minimum absolute atomic E-state index is 0.00156. The van der Waals surface area contributed by atoms with Crippen LogP contribution in [0.25, 0.3) is 0 Å². The smallest absolute Gasteiger partial charge is 0.254 e. The van der Waals surface area contributed by atoms with Gasteiger partial charge in [0.05, 0.1) is 24.8 Å². The molecule has 0 saturated carbocycles. The number of nitrogens with zero attached hydrogens (tertiary/aromatic N) is 2. The van der Waals surface area contributed by atoms with Crippen molar-refractivity contribution in [3.63, 3.8) is 0 Å². The van der Waals surface area contributed by atoms with Crippen LogP contribution in [0.5, 0.6) is 0 Å². The molecule has 2 aromatic rings. The standard InChI is InChI=1S/C22H22ClN3O2S/c1-15-19(21(27)25-11-13-28-14-12-25)20(16-7-9-17(23)10-8-16)24-22(29)26(15)18-5-3-2-4-6-18/h2-10,20H,11-14H2,1H3,(H,24,29). The van der Waals surface area contributed by atoms with Crippen LogP contribution in [0.15, 0.2) is 65.9 Å². The first-order valence-electron chi connectivity index (χ1n) is 9.55. The summed E-state index contributed by atoms with van der Waals surface area (Å²) in [7, 11) is 0. The van der Waals surface area contributed by atoms with Gasteiger partial charge in [-0.15, -0.1) is 0 Å². The second-order valence-electron chi connectivity index (χ2n) is 7.01. The Kier molecular flexibility index (Phi) is 5.85. The average Bonchev–Trinajstić information content (AvgIpc) is 2.75. The van der Waals surface area contributed by atoms with E-state index in [1.807, 2.05) is 71.3 Å². The summed E-state index contributed by atoms with van der Waals surface area (Å²) in [5.74, 6) is 0.00156. The van der Waals surface area contributed by atoms with Gasteiger partial charge in [-0.1, -0.05) is 41.9 Å². The maximum absolute atomic E-state index is 13.6. The van der Waals surface area contributed by atoms with Gasteiger partial charge in [0.2, 0.25) is 0 Å². The molecule has 1 N–H and O–H groups in total. The highest BCUT2D eigenvalue weighted by atomic mass is 35.5. The Bertz CT molecular complexity index is 940. The van der Waals surface area contributed by atoms with Crippen LogP contribution >= 0.6 is 23.8 Å². The van der Waals surface area contributed by atoms with Crippen LogP contribution in [0, 0.1) is 0 Å². The van der Waals surface area contributed by atoms with Gasteiger partial charge in [0.25, 0.3) is 5.91 Å². The molecule has 0 bridgehead atoms. The van der Waals surface area contributed by atoms with Crippen LogP contribution in [0.1, 0.15) is 18.5 Å². The SMILES string of the molecule is CC1=C(C(=O)N2CCOCC2)C(c2ccc(Cl)cc2)NC(=S)N1c1ccccc1. The lowest BCUT2D eigenvalue weighted by Crippen LogP contribution is -2.51. The fraction of sp³-hybridized carbons (Fsp3) is 0.273. The maximum atomic E-state index is 13.6. The lowest BCUT2D eigenvalue weighted by molar-refractivity contribution is -0.131. The van der Waals surface area contributed by atoms with Gasteiger partial charge >= 0.3 is 0 Å². The number of hydrogen-bond acceptors (Lipinski definition) is 3. The maximum Gasteiger partial charge on any atom is 0.254 e. The molecule has 2 aliphatic heterocycles. The van der Waals surface area contributed by atoms with Crippen molar-refractivity contribution < 1.29 is 9.53 Å². The number of carbonyl (C=O) groups is 1. The molecule has 1 atom stereocenters. The molecule has 0 spiro atoms. The first kappa shape index (κ1) is 19.9. The Labute approximate surface area is 180 Å². The zero-order valence-electron chi connectivity index (χ0n) is 16.1. The number of rotatable bonds is 3. The zero-order valence-corrected chi connectivity index (χ0v) is 17.7. The number of nitrogens with one attached hydrogen (secondary N) is 1. The average molecular weight is 428 g/mol. The van der Waals surface area contributed by atoms with Crippen LogP contribution < -0.4 is 10.2 Å². The fourth-order valence-electron chi connectivity index (χ4n) is 3.75. The van der Waals surface area contributed by atoms with E-state index in [4.69, 9.17) is 28.6 Å². The molecule has 0 aliphatic carbocycles. The van der Waals surface area contributed by atoms with Crippen LogP contribution in [-0.4, -0.2) is 42.2 Å². The molecule has 5 nitrogen and oxygen atoms in total. The van der Waals surface area contributed by atoms with Gasteiger partial charge in [0.15, 0.2) is 5.11 Å². The Balaban J connectivity index is 1.80. The number of amides is 1. The number of ether oxygens (including phenoxy) is 1. The summed E-state index contributed by atoms with van der Waals surface area (Å²) in [6.07, 6.45) is 0. The summed E-state index contributed by atoms with van der Waals surface area (Å²) < 4.78 is 5.42. The highest BCUT2D eigenvalue weighted by Crippen LogP contribution is 2.35. The van der Waals surface area contributed by atoms with E-state index in [0.29, 0.717) is 42.0 Å². The topological polar surface area (TPSA) is 44.8 Å². The number of carbonyl (C=O) groups excluding carboxylic acids is 1. The van der Waals surface area contributed by atoms with E-state index in [1.54, 1.807) is 0 Å². The third-order valence-corrected chi connectivity index (χ3v) is 5.78. The van der Waals surface area contributed by atoms with E-state index in [-0.39, 0.29) is 11.9 Å². The van der Waals surface area contributed by atoms with Crippen molar-refractivity contribution in [1.29, 1.82) is 0 Å². The molecule has 7 heteroatoms. The zero-order chi connectivity index (χ0) is 20.4. The molecule has 4 rings (SSSR count). The molecular weight excluding hydrogens is 406 g/mol. The number of halogens is 1. The van der Waals surface area contributed by atoms with E-state index in [2.05, 4.69) is 5.32 Å². The summed E-state index contributed by atoms with van der Waals surface area (Å²) in [6.45, 7) is 4.23. The van der Waals surface area contributed by atoms with E-state index in [9.17, 15) is 4.79 Å². The summed E-state index contributed by atoms with van der Waals surface area (Å²) in [5.41, 5.74) is 3.38. The third-order valence-electron chi connectivity index (χ3n) is 5.23. The quantitative estimate of drug-likeness (QED) is 0.752. The minimum Gasteiger partial charge on any atom is -0.378 e. The third kappa shape index (κ3) is 4.01. The lowest BCUT2D eigenvalue weighted by atomic mass is 9.93. The summed E-state index contributed by atoms with van der Waals surface area (Å²) in [6, 6.07) is 17.0. The number of allylic oxidation sites excluding steroid dienone is 1. The molecule has 1 saturated heterocycles. The molecule has 150 valence electrons. The molecule has 2 aliphatic rings. The van der Waals surface area contributed by atoms with Crippen molar-refractivity contribution in [2.24, 2.45) is 0 Å². The van der Waals surface area contributed by atoms with E-state index in [0.717, 1.165) is 16.9 Å². The highest BCUT2D eigenvalue weighted by molar-refractivity contribution is 7.80. The van der Waals surface area contributed by atoms with Crippen LogP contribution in [0.2, 0.25) is 5.02 Å². The van der Waals surface area contributed by atoms with Gasteiger partial charge < -0.3 is 15.0 Å². The van der Waals surface area contributed by atoms with Crippen molar-refractivity contribution in [1.82, 2.24) is 10.2 Å². The number of benzene rings is 2. The number of para-hydroxylation sites is 1. The Hall–Kier alpha value is -2.41. The van der Waals surface area contributed by atoms with Crippen LogP contribution in [-0.2, 0) is 9.53 Å². The van der Waals surface area contributed by atoms with Crippen molar-refractivity contribution in [2.75, 3.05) is 31.2 Å². The van der Waals surface area contributed by atoms with Gasteiger partial charge in [-0.05, 0) is 49.0 Å². The second kappa shape index (κ2) is 8.53. The molecule has 2 aromatic carbocycles. The first-order chi connectivity index (χ1) is 14.1. The lowest BCUT2D eigenvalue weighted by Gasteiger charge is -2.40. The molecular formula is C22H22ClN3O2S. The molecule has 0 aromatic heterocycles. The van der Waals surface area contributed by atoms with Crippen molar-refractivity contribution >= 4 is 40.5 Å². The van der Waals surface area contributed by atoms with Gasteiger partial charge in [-0.25, -0.2) is 0 Å². The monoisotopic (exact) mass is 427 g/mol. The second-order valence-corrected chi connectivity index (χ2v) is 7.83. The van der Waals surface area contributed by atoms with Crippen LogP contribution in [0.3, 0.4) is 0 Å². The van der Waals surface area contributed by atoms with Crippen molar-refractivity contribution in [3.8, 4) is 0 Å². The first-order valence-corrected chi connectivity index (χ1v) is 10.3. The summed E-state index contributed by atoms with van der Waals surface area (Å²) in [5, 5.41) is 4.59. The molecule has 0 radical (unpaired) electrons. The normalized spacial score (nSPS) is 19.9. The number of thiocarbonyl (C=S) groups is 1. The fourth-order valence-corrected chi connectivity index (χ4v) is 4.24. The van der Waals surface area contributed by atoms with Gasteiger partial charge in [0, 0.05) is 29.5 Å². The van der Waals surface area contributed by atoms with Crippen LogP contribution in [0.4, 0.5) is 5.69 Å². The molecule has 2 heterocycles. The Morgan fingerprint density at radius 1 is 1.10 bits per heavy atom. The Morgan fingerprint density at radius 3 is 2.41 bits per heavy atom. The van der Waals surface area contributed by atoms with E-state index < -0.39 is 0 Å². The Morgan fingerprint density at radius 2 is 1.76 bits per heavy atom. The summed E-state index contributed by atoms with van der Waals surface area (Å²) >= 11 is 11.8. The summed E-state index contributed by atoms with van der Waals surface area (Å²) in [4.78, 5) is 17.4. The highest BCUT2D eigenvalue weighted by Gasteiger charge is 2.36. The van der Waals surface area contributed by atoms with Gasteiger partial charge in [-0.3, -0.25) is 9.69 Å². The van der Waals surface area contributed by atoms with Crippen molar-refractivity contribution in [2.45, 2.75) is 13.0 Å². The molecule has 1 fully saturated rings. The van der Waals surface area contributed by atoms with E-state index >= 15 is 0 Å². The predicted molar refractivity (Wildman–Crippen MR) is 119 cm³/mol. The van der Waals surface area contributed by atoms with Gasteiger partial charge in [-0.2, -0.15) is 0 Å². The number of anilines is 1. The van der Waals surface area contributed by atoms with E-state index in [1.165, 1.54) is 0 Å². The predicted octanol–water partition coefficient (Wildman–Crippen LogP) is 3.91. The number of morpholine rings is 1. The largest absolute Gasteiger partial charge is 0.378 e. The molecule has 29 heavy (non-hydrogen) atoms. The number of hydrogen-bond donors (Lipinski definition) is 1.